The molecule has 3 aliphatic heterocycles. The highest BCUT2D eigenvalue weighted by Gasteiger charge is 2.75. The lowest BCUT2D eigenvalue weighted by Gasteiger charge is -2.42. The number of hydrogen-bond donors (Lipinski definition) is 1. The van der Waals surface area contributed by atoms with E-state index >= 15 is 17.6 Å². The van der Waals surface area contributed by atoms with Crippen molar-refractivity contribution in [2.24, 2.45) is 24.3 Å². The van der Waals surface area contributed by atoms with Crippen molar-refractivity contribution in [2.45, 2.75) is 49.6 Å². The first-order chi connectivity index (χ1) is 27.7. The van der Waals surface area contributed by atoms with Crippen LogP contribution >= 0.6 is 0 Å². The Morgan fingerprint density at radius 1 is 0.966 bits per heavy atom. The molecule has 0 amide bonds. The summed E-state index contributed by atoms with van der Waals surface area (Å²) in [5.74, 6) is -6.54. The van der Waals surface area contributed by atoms with E-state index in [1.165, 1.54) is 28.9 Å². The number of phenols is 1. The van der Waals surface area contributed by atoms with Crippen LogP contribution in [0.4, 0.5) is 32.2 Å². The number of fused-ring (bicyclic) bond motifs is 7. The number of halogens is 6. The van der Waals surface area contributed by atoms with Crippen LogP contribution in [0.25, 0.3) is 43.7 Å². The zero-order valence-electron chi connectivity index (χ0n) is 31.9. The first-order valence-electron chi connectivity index (χ1n) is 19.6. The van der Waals surface area contributed by atoms with Gasteiger partial charge in [0, 0.05) is 113 Å². The fraction of sp³-hybridized carbons (Fsp3) is 0.500. The summed E-state index contributed by atoms with van der Waals surface area (Å²) in [4.78, 5) is 15.7. The highest BCUT2D eigenvalue weighted by molar-refractivity contribution is 6.18. The lowest BCUT2D eigenvalue weighted by molar-refractivity contribution is 0.0101. The Morgan fingerprint density at radius 3 is 2.36 bits per heavy atom. The van der Waals surface area contributed by atoms with Gasteiger partial charge in [0.15, 0.2) is 5.82 Å². The van der Waals surface area contributed by atoms with E-state index in [9.17, 15) is 13.9 Å². The van der Waals surface area contributed by atoms with Crippen LogP contribution < -0.4 is 9.64 Å². The van der Waals surface area contributed by atoms with Crippen molar-refractivity contribution in [1.29, 1.82) is 0 Å². The lowest BCUT2D eigenvalue weighted by atomic mass is 9.91. The summed E-state index contributed by atoms with van der Waals surface area (Å²) < 4.78 is 104. The second-order valence-electron chi connectivity index (χ2n) is 16.9. The van der Waals surface area contributed by atoms with E-state index in [1.807, 2.05) is 0 Å². The summed E-state index contributed by atoms with van der Waals surface area (Å²) in [7, 11) is 3.35. The number of aryl methyl sites for hydroxylation is 1. The molecule has 0 spiro atoms. The van der Waals surface area contributed by atoms with Gasteiger partial charge >= 0.3 is 6.01 Å². The van der Waals surface area contributed by atoms with Crippen LogP contribution in [0.1, 0.15) is 31.2 Å². The molecule has 5 aliphatic rings. The predicted molar refractivity (Wildman–Crippen MR) is 204 cm³/mol. The maximum atomic E-state index is 17.8. The van der Waals surface area contributed by atoms with Gasteiger partial charge in [-0.25, -0.2) is 26.3 Å². The Morgan fingerprint density at radius 2 is 1.69 bits per heavy atom. The number of ether oxygens (including phenoxy) is 2. The molecule has 3 aromatic carbocycles. The molecule has 2 aromatic heterocycles. The molecule has 0 unspecified atom stereocenters. The van der Waals surface area contributed by atoms with E-state index < -0.39 is 53.8 Å². The van der Waals surface area contributed by atoms with Crippen molar-refractivity contribution in [3.63, 3.8) is 0 Å². The summed E-state index contributed by atoms with van der Waals surface area (Å²) >= 11 is 0. The minimum atomic E-state index is -3.11. The summed E-state index contributed by atoms with van der Waals surface area (Å²) in [6, 6.07) is 4.99. The van der Waals surface area contributed by atoms with Crippen molar-refractivity contribution in [3.05, 3.63) is 47.7 Å². The molecule has 0 radical (unpaired) electrons. The molecule has 16 heteroatoms. The predicted octanol–water partition coefficient (Wildman–Crippen LogP) is 6.59. The van der Waals surface area contributed by atoms with E-state index in [2.05, 4.69) is 25.8 Å². The maximum absolute atomic E-state index is 17.8. The quantitative estimate of drug-likeness (QED) is 0.0903. The van der Waals surface area contributed by atoms with Crippen LogP contribution in [-0.4, -0.2) is 118 Å². The number of rotatable bonds is 11. The van der Waals surface area contributed by atoms with E-state index in [0.717, 1.165) is 25.8 Å². The topological polar surface area (TPSA) is 92.0 Å². The van der Waals surface area contributed by atoms with Crippen LogP contribution in [0.5, 0.6) is 11.8 Å². The highest BCUT2D eigenvalue weighted by atomic mass is 19.3. The Labute approximate surface area is 329 Å². The lowest BCUT2D eigenvalue weighted by Crippen LogP contribution is -2.54. The number of aromatic nitrogens is 4. The number of alkyl halides is 4. The van der Waals surface area contributed by atoms with Crippen LogP contribution in [0.15, 0.2) is 30.5 Å². The summed E-state index contributed by atoms with van der Waals surface area (Å²) in [5, 5.41) is 16.9. The number of benzene rings is 3. The third-order valence-corrected chi connectivity index (χ3v) is 13.2. The SMILES string of the molecule is C#Cc1c(F)ccc2cc(O)cc(-c3c(F)c4nc(OC[C@]5(CN6C[C@@H]7[C@H](C6)C7(F)F)CC5(F)F)nc(N5[C@@H]6CC[C@H]5CN(CCCOC)C6)c4c4cn(C)nc34)c12. The molecular formula is C42H41F6N7O3. The molecule has 10 rings (SSSR count). The van der Waals surface area contributed by atoms with Crippen LogP contribution in [-0.2, 0) is 11.8 Å². The van der Waals surface area contributed by atoms with Crippen molar-refractivity contribution in [1.82, 2.24) is 29.5 Å². The number of hydrogen-bond acceptors (Lipinski definition) is 9. The van der Waals surface area contributed by atoms with Crippen LogP contribution in [0.3, 0.4) is 0 Å². The number of terminal acetylenes is 1. The molecule has 58 heavy (non-hydrogen) atoms. The molecule has 304 valence electrons. The molecule has 2 saturated carbocycles. The Bertz CT molecular complexity index is 2530. The first-order valence-corrected chi connectivity index (χ1v) is 19.6. The third kappa shape index (κ3) is 5.71. The Kier molecular flexibility index (Phi) is 8.44. The minimum Gasteiger partial charge on any atom is -0.508 e. The van der Waals surface area contributed by atoms with Gasteiger partial charge in [0.05, 0.1) is 16.4 Å². The monoisotopic (exact) mass is 805 g/mol. The van der Waals surface area contributed by atoms with Gasteiger partial charge in [0.25, 0.3) is 11.8 Å². The number of anilines is 1. The van der Waals surface area contributed by atoms with Gasteiger partial charge in [-0.1, -0.05) is 12.0 Å². The zero-order valence-corrected chi connectivity index (χ0v) is 31.9. The average Bonchev–Trinajstić information content (AvgIpc) is 3.54. The fourth-order valence-electron chi connectivity index (χ4n) is 10.2. The smallest absolute Gasteiger partial charge is 0.319 e. The van der Waals surface area contributed by atoms with Gasteiger partial charge in [-0.15, -0.1) is 6.42 Å². The second-order valence-corrected chi connectivity index (χ2v) is 16.9. The average molecular weight is 806 g/mol. The van der Waals surface area contributed by atoms with Crippen molar-refractivity contribution in [2.75, 3.05) is 64.5 Å². The van der Waals surface area contributed by atoms with E-state index in [-0.39, 0.29) is 76.6 Å². The number of likely N-dealkylation sites (tertiary alicyclic amines) is 2. The standard InChI is InChI=1S/C42H41F6N7O3/c1-4-26-31(43)9-6-22-12-25(56)13-27(32(22)26)33-35(44)37-34(28-16-52(2)51-36(28)33)38(55-23-7-8-24(55)15-53(14-23)10-5-11-57-3)50-39(49-37)58-21-40(19-41(40,45)46)20-54-17-29-30(18-54)42(29,47)48/h1,6,9,12-13,16,23-24,29-30,56H,5,7-8,10-11,14-15,17-21H2,2-3H3/t23-,24+,29-,30+,40-/m1/s1. The number of methoxy groups -OCH3 is 1. The summed E-state index contributed by atoms with van der Waals surface area (Å²) in [5.41, 5.74) is -1.77. The van der Waals surface area contributed by atoms with Gasteiger partial charge < -0.3 is 24.4 Å². The van der Waals surface area contributed by atoms with Crippen molar-refractivity contribution < 1.29 is 40.9 Å². The van der Waals surface area contributed by atoms with Gasteiger partial charge in [-0.2, -0.15) is 15.1 Å². The molecular weight excluding hydrogens is 764 g/mol. The maximum Gasteiger partial charge on any atom is 0.319 e. The summed E-state index contributed by atoms with van der Waals surface area (Å²) in [6.07, 6.45) is 9.56. The van der Waals surface area contributed by atoms with Gasteiger partial charge in [0.1, 0.15) is 35.0 Å². The second kappa shape index (κ2) is 13.1. The van der Waals surface area contributed by atoms with Gasteiger partial charge in [0.2, 0.25) is 0 Å². The van der Waals surface area contributed by atoms with Crippen LogP contribution in [0, 0.1) is 41.2 Å². The molecule has 1 N–H and O–H groups in total. The molecule has 2 aliphatic carbocycles. The minimum absolute atomic E-state index is 0.0169. The third-order valence-electron chi connectivity index (χ3n) is 13.2. The highest BCUT2D eigenvalue weighted by Crippen LogP contribution is 2.64. The molecule has 10 nitrogen and oxygen atoms in total. The zero-order chi connectivity index (χ0) is 40.5. The van der Waals surface area contributed by atoms with E-state index in [1.54, 1.807) is 25.3 Å². The Hall–Kier alpha value is -4.85. The fourth-order valence-corrected chi connectivity index (χ4v) is 10.2. The van der Waals surface area contributed by atoms with E-state index in [4.69, 9.17) is 20.9 Å². The van der Waals surface area contributed by atoms with Crippen molar-refractivity contribution >= 4 is 38.4 Å². The molecule has 2 bridgehead atoms. The number of nitrogens with zero attached hydrogens (tertiary/aromatic N) is 7. The number of piperidine rings is 1. The first kappa shape index (κ1) is 37.4. The number of aromatic hydroxyl groups is 1. The summed E-state index contributed by atoms with van der Waals surface area (Å²) in [6.45, 7) is 2.31. The molecule has 5 fully saturated rings. The molecule has 3 saturated heterocycles. The normalized spacial score (nSPS) is 27.1. The van der Waals surface area contributed by atoms with Crippen LogP contribution in [0.2, 0.25) is 0 Å². The Balaban J connectivity index is 1.12. The molecule has 5 atom stereocenters. The van der Waals surface area contributed by atoms with Gasteiger partial charge in [-0.05, 0) is 48.4 Å². The molecule has 5 heterocycles. The van der Waals surface area contributed by atoms with Gasteiger partial charge in [-0.3, -0.25) is 9.58 Å². The molecule has 5 aromatic rings. The van der Waals surface area contributed by atoms with Crippen molar-refractivity contribution in [3.8, 4) is 35.2 Å². The number of piperazine rings is 1. The largest absolute Gasteiger partial charge is 0.508 e. The van der Waals surface area contributed by atoms with E-state index in [0.29, 0.717) is 41.7 Å². The number of phenolic OH excluding ortho intramolecular Hbond substituents is 1.